The molecule has 5 heteroatoms. The molecule has 0 fully saturated rings. The second-order valence-corrected chi connectivity index (χ2v) is 4.65. The first kappa shape index (κ1) is 12.6. The second kappa shape index (κ2) is 5.28. The van der Waals surface area contributed by atoms with Crippen LogP contribution in [0.2, 0.25) is 0 Å². The van der Waals surface area contributed by atoms with Gasteiger partial charge in [0.25, 0.3) is 5.91 Å². The number of anilines is 1. The summed E-state index contributed by atoms with van der Waals surface area (Å²) in [5, 5.41) is 0. The quantitative estimate of drug-likeness (QED) is 0.837. The molecule has 1 aliphatic rings. The molecule has 0 saturated carbocycles. The topological polar surface area (TPSA) is 55.3 Å². The predicted molar refractivity (Wildman–Crippen MR) is 75.0 cm³/mol. The summed E-state index contributed by atoms with van der Waals surface area (Å²) in [5.74, 6) is 0.710. The molecule has 1 aliphatic heterocycles. The summed E-state index contributed by atoms with van der Waals surface area (Å²) in [4.78, 5) is 22.3. The average Bonchev–Trinajstić information content (AvgIpc) is 2.54. The molecular weight excluding hydrogens is 254 g/mol. The summed E-state index contributed by atoms with van der Waals surface area (Å²) in [6.45, 7) is 0.703. The molecule has 2 aromatic rings. The second-order valence-electron chi connectivity index (χ2n) is 4.65. The number of fused-ring (bicyclic) bond motifs is 1. The molecule has 0 saturated heterocycles. The number of ether oxygens (including phenoxy) is 1. The van der Waals surface area contributed by atoms with Crippen molar-refractivity contribution in [3.63, 3.8) is 0 Å². The van der Waals surface area contributed by atoms with E-state index in [1.165, 1.54) is 12.4 Å². The van der Waals surface area contributed by atoms with E-state index in [-0.39, 0.29) is 5.91 Å². The van der Waals surface area contributed by atoms with Gasteiger partial charge in [0.05, 0.1) is 13.3 Å². The third-order valence-corrected chi connectivity index (χ3v) is 3.43. The molecule has 102 valence electrons. The number of amides is 1. The van der Waals surface area contributed by atoms with E-state index >= 15 is 0 Å². The molecule has 1 aromatic heterocycles. The first-order valence-electron chi connectivity index (χ1n) is 6.54. The average molecular weight is 269 g/mol. The van der Waals surface area contributed by atoms with Crippen molar-refractivity contribution in [3.8, 4) is 5.75 Å². The molecule has 0 unspecified atom stereocenters. The first-order chi connectivity index (χ1) is 9.79. The maximum absolute atomic E-state index is 12.5. The molecule has 2 heterocycles. The number of carbonyl (C=O) groups is 1. The number of aromatic nitrogens is 2. The molecule has 0 N–H and O–H groups in total. The van der Waals surface area contributed by atoms with E-state index in [1.54, 1.807) is 18.2 Å². The van der Waals surface area contributed by atoms with Crippen LogP contribution in [0.5, 0.6) is 5.75 Å². The normalized spacial score (nSPS) is 13.8. The lowest BCUT2D eigenvalue weighted by Gasteiger charge is -2.29. The Morgan fingerprint density at radius 2 is 2.25 bits per heavy atom. The number of rotatable bonds is 2. The first-order valence-corrected chi connectivity index (χ1v) is 6.54. The van der Waals surface area contributed by atoms with Gasteiger partial charge in [-0.05, 0) is 36.6 Å². The SMILES string of the molecule is COc1ccc2c(c1)CCCN2C(=O)c1cnccn1. The van der Waals surface area contributed by atoms with E-state index in [4.69, 9.17) is 4.74 Å². The van der Waals surface area contributed by atoms with Crippen LogP contribution in [0, 0.1) is 0 Å². The fraction of sp³-hybridized carbons (Fsp3) is 0.267. The Morgan fingerprint density at radius 1 is 1.35 bits per heavy atom. The standard InChI is InChI=1S/C15H15N3O2/c1-20-12-4-5-14-11(9-12)3-2-8-18(14)15(19)13-10-16-6-7-17-13/h4-7,9-10H,2-3,8H2,1H3. The zero-order valence-electron chi connectivity index (χ0n) is 11.2. The Kier molecular flexibility index (Phi) is 3.33. The molecule has 1 amide bonds. The maximum Gasteiger partial charge on any atom is 0.278 e. The van der Waals surface area contributed by atoms with E-state index in [1.807, 2.05) is 18.2 Å². The molecule has 1 aromatic carbocycles. The fourth-order valence-corrected chi connectivity index (χ4v) is 2.46. The zero-order chi connectivity index (χ0) is 13.9. The summed E-state index contributed by atoms with van der Waals surface area (Å²) in [6, 6.07) is 5.80. The van der Waals surface area contributed by atoms with Crippen LogP contribution in [0.1, 0.15) is 22.5 Å². The highest BCUT2D eigenvalue weighted by atomic mass is 16.5. The minimum atomic E-state index is -0.107. The minimum absolute atomic E-state index is 0.107. The largest absolute Gasteiger partial charge is 0.497 e. The lowest BCUT2D eigenvalue weighted by atomic mass is 10.0. The third kappa shape index (κ3) is 2.22. The molecule has 20 heavy (non-hydrogen) atoms. The number of benzene rings is 1. The van der Waals surface area contributed by atoms with Crippen LogP contribution in [-0.2, 0) is 6.42 Å². The Hall–Kier alpha value is -2.43. The Labute approximate surface area is 117 Å². The number of carbonyl (C=O) groups excluding carboxylic acids is 1. The number of hydrogen-bond donors (Lipinski definition) is 0. The monoisotopic (exact) mass is 269 g/mol. The van der Waals surface area contributed by atoms with Gasteiger partial charge in [0.2, 0.25) is 0 Å². The number of hydrogen-bond acceptors (Lipinski definition) is 4. The van der Waals surface area contributed by atoms with E-state index in [0.29, 0.717) is 12.2 Å². The third-order valence-electron chi connectivity index (χ3n) is 3.43. The van der Waals surface area contributed by atoms with Gasteiger partial charge in [-0.25, -0.2) is 4.98 Å². The van der Waals surface area contributed by atoms with Gasteiger partial charge in [-0.15, -0.1) is 0 Å². The van der Waals surface area contributed by atoms with Crippen molar-refractivity contribution in [1.82, 2.24) is 9.97 Å². The predicted octanol–water partition coefficient (Wildman–Crippen LogP) is 2.08. The van der Waals surface area contributed by atoms with Gasteiger partial charge in [-0.2, -0.15) is 0 Å². The number of aryl methyl sites for hydroxylation is 1. The van der Waals surface area contributed by atoms with Crippen molar-refractivity contribution in [3.05, 3.63) is 48.0 Å². The van der Waals surface area contributed by atoms with Crippen molar-refractivity contribution in [2.75, 3.05) is 18.6 Å². The highest BCUT2D eigenvalue weighted by Gasteiger charge is 2.24. The van der Waals surface area contributed by atoms with Gasteiger partial charge in [-0.1, -0.05) is 0 Å². The van der Waals surface area contributed by atoms with Crippen LogP contribution < -0.4 is 9.64 Å². The van der Waals surface area contributed by atoms with Crippen LogP contribution in [0.25, 0.3) is 0 Å². The molecule has 0 bridgehead atoms. The van der Waals surface area contributed by atoms with Gasteiger partial charge in [0, 0.05) is 24.6 Å². The van der Waals surface area contributed by atoms with E-state index in [0.717, 1.165) is 29.8 Å². The van der Waals surface area contributed by atoms with Crippen LogP contribution in [0.15, 0.2) is 36.8 Å². The molecule has 0 spiro atoms. The maximum atomic E-state index is 12.5. The van der Waals surface area contributed by atoms with Crippen LogP contribution >= 0.6 is 0 Å². The van der Waals surface area contributed by atoms with Gasteiger partial charge in [0.1, 0.15) is 11.4 Å². The highest BCUT2D eigenvalue weighted by Crippen LogP contribution is 2.31. The summed E-state index contributed by atoms with van der Waals surface area (Å²) in [6.07, 6.45) is 6.49. The summed E-state index contributed by atoms with van der Waals surface area (Å²) in [5.41, 5.74) is 2.44. The summed E-state index contributed by atoms with van der Waals surface area (Å²) in [7, 11) is 1.65. The number of methoxy groups -OCH3 is 1. The zero-order valence-corrected chi connectivity index (χ0v) is 11.2. The number of nitrogens with zero attached hydrogens (tertiary/aromatic N) is 3. The van der Waals surface area contributed by atoms with Gasteiger partial charge in [0.15, 0.2) is 0 Å². The van der Waals surface area contributed by atoms with Crippen LogP contribution in [0.4, 0.5) is 5.69 Å². The molecule has 5 nitrogen and oxygen atoms in total. The van der Waals surface area contributed by atoms with Crippen molar-refractivity contribution >= 4 is 11.6 Å². The van der Waals surface area contributed by atoms with E-state index in [2.05, 4.69) is 9.97 Å². The van der Waals surface area contributed by atoms with Crippen molar-refractivity contribution in [1.29, 1.82) is 0 Å². The van der Waals surface area contributed by atoms with E-state index < -0.39 is 0 Å². The van der Waals surface area contributed by atoms with Gasteiger partial charge in [-0.3, -0.25) is 9.78 Å². The molecule has 0 aliphatic carbocycles. The van der Waals surface area contributed by atoms with Crippen molar-refractivity contribution < 1.29 is 9.53 Å². The van der Waals surface area contributed by atoms with Gasteiger partial charge < -0.3 is 9.64 Å². The lowest BCUT2D eigenvalue weighted by molar-refractivity contribution is 0.0980. The Morgan fingerprint density at radius 3 is 3.00 bits per heavy atom. The summed E-state index contributed by atoms with van der Waals surface area (Å²) >= 11 is 0. The smallest absolute Gasteiger partial charge is 0.278 e. The van der Waals surface area contributed by atoms with E-state index in [9.17, 15) is 4.79 Å². The fourth-order valence-electron chi connectivity index (χ4n) is 2.46. The van der Waals surface area contributed by atoms with Crippen LogP contribution in [-0.4, -0.2) is 29.5 Å². The molecule has 3 rings (SSSR count). The Bertz CT molecular complexity index is 628. The molecule has 0 radical (unpaired) electrons. The minimum Gasteiger partial charge on any atom is -0.497 e. The lowest BCUT2D eigenvalue weighted by Crippen LogP contribution is -2.36. The van der Waals surface area contributed by atoms with Crippen LogP contribution in [0.3, 0.4) is 0 Å². The molecule has 0 atom stereocenters. The summed E-state index contributed by atoms with van der Waals surface area (Å²) < 4.78 is 5.23. The Balaban J connectivity index is 1.96. The van der Waals surface area contributed by atoms with Crippen molar-refractivity contribution in [2.45, 2.75) is 12.8 Å². The highest BCUT2D eigenvalue weighted by molar-refractivity contribution is 6.05. The van der Waals surface area contributed by atoms with Gasteiger partial charge >= 0.3 is 0 Å². The molecular formula is C15H15N3O2. The van der Waals surface area contributed by atoms with Crippen molar-refractivity contribution in [2.24, 2.45) is 0 Å².